The van der Waals surface area contributed by atoms with Crippen molar-refractivity contribution in [1.29, 1.82) is 0 Å². The summed E-state index contributed by atoms with van der Waals surface area (Å²) in [5.74, 6) is -0.481. The van der Waals surface area contributed by atoms with Crippen LogP contribution in [0, 0.1) is 16.4 Å². The van der Waals surface area contributed by atoms with Crippen molar-refractivity contribution in [2.75, 3.05) is 6.54 Å². The minimum Gasteiger partial charge on any atom is -0.391 e. The summed E-state index contributed by atoms with van der Waals surface area (Å²) in [4.78, 5) is 33.5. The highest BCUT2D eigenvalue weighted by Gasteiger charge is 2.42. The van der Waals surface area contributed by atoms with Gasteiger partial charge in [0.05, 0.1) is 32.0 Å². The van der Waals surface area contributed by atoms with Crippen molar-refractivity contribution in [3.05, 3.63) is 57.0 Å². The Labute approximate surface area is 216 Å². The summed E-state index contributed by atoms with van der Waals surface area (Å²) in [7, 11) is 0. The molecule has 0 bridgehead atoms. The molecule has 1 aliphatic rings. The van der Waals surface area contributed by atoms with E-state index in [1.807, 2.05) is 56.7 Å². The van der Waals surface area contributed by atoms with Gasteiger partial charge in [0, 0.05) is 25.7 Å². The second-order valence-corrected chi connectivity index (χ2v) is 11.0. The van der Waals surface area contributed by atoms with Crippen molar-refractivity contribution in [1.82, 2.24) is 25.0 Å². The lowest BCUT2D eigenvalue weighted by Gasteiger charge is -2.30. The number of carbonyl (C=O) groups is 2. The normalized spacial score (nSPS) is 18.9. The molecule has 0 radical (unpaired) electrons. The SMILES string of the molecule is Cc1ncsc1-c1ccc(CNC(=O)C2CC(O)CN2C(=O)C(C(C)C)n2cc(I)cn2)cc1. The fraction of sp³-hybridized carbons (Fsp3) is 0.417. The molecular formula is C24H28IN5O3S. The molecule has 2 N–H and O–H groups in total. The van der Waals surface area contributed by atoms with Gasteiger partial charge in [-0.2, -0.15) is 5.10 Å². The van der Waals surface area contributed by atoms with Crippen molar-refractivity contribution in [2.45, 2.75) is 51.9 Å². The van der Waals surface area contributed by atoms with E-state index in [2.05, 4.69) is 38.0 Å². The van der Waals surface area contributed by atoms with Gasteiger partial charge in [-0.1, -0.05) is 38.1 Å². The number of β-amino-alcohol motifs (C(OH)–C–C–N with tert-alkyl or cyclic N) is 1. The van der Waals surface area contributed by atoms with Crippen LogP contribution >= 0.6 is 33.9 Å². The standard InChI is InChI=1S/C24H28IN5O3S/c1-14(2)21(30-11-18(25)10-28-30)24(33)29-12-19(31)8-20(29)23(32)26-9-16-4-6-17(7-5-16)22-15(3)27-13-34-22/h4-7,10-11,13-14,19-21,31H,8-9,12H2,1-3H3,(H,26,32). The van der Waals surface area contributed by atoms with Gasteiger partial charge in [-0.3, -0.25) is 14.3 Å². The summed E-state index contributed by atoms with van der Waals surface area (Å²) in [6.45, 7) is 6.38. The van der Waals surface area contributed by atoms with Crippen LogP contribution < -0.4 is 5.32 Å². The Morgan fingerprint density at radius 3 is 2.62 bits per heavy atom. The second-order valence-electron chi connectivity index (χ2n) is 8.90. The Balaban J connectivity index is 1.43. The van der Waals surface area contributed by atoms with E-state index < -0.39 is 18.2 Å². The van der Waals surface area contributed by atoms with Crippen LogP contribution in [0.1, 0.15) is 37.6 Å². The molecule has 1 saturated heterocycles. The highest BCUT2D eigenvalue weighted by atomic mass is 127. The van der Waals surface area contributed by atoms with E-state index in [-0.39, 0.29) is 30.7 Å². The van der Waals surface area contributed by atoms with E-state index in [0.717, 1.165) is 25.3 Å². The summed E-state index contributed by atoms with van der Waals surface area (Å²) in [6.07, 6.45) is 3.02. The number of likely N-dealkylation sites (tertiary alicyclic amines) is 1. The number of halogens is 1. The van der Waals surface area contributed by atoms with Gasteiger partial charge in [-0.15, -0.1) is 11.3 Å². The first-order chi connectivity index (χ1) is 16.2. The van der Waals surface area contributed by atoms with Crippen LogP contribution in [0.4, 0.5) is 0 Å². The Morgan fingerprint density at radius 2 is 2.03 bits per heavy atom. The quantitative estimate of drug-likeness (QED) is 0.410. The number of hydrogen-bond donors (Lipinski definition) is 2. The lowest BCUT2D eigenvalue weighted by Crippen LogP contribution is -2.49. The maximum atomic E-state index is 13.5. The zero-order chi connectivity index (χ0) is 24.4. The van der Waals surface area contributed by atoms with Gasteiger partial charge in [0.1, 0.15) is 12.1 Å². The number of hydrogen-bond acceptors (Lipinski definition) is 6. The van der Waals surface area contributed by atoms with Crippen LogP contribution in [0.2, 0.25) is 0 Å². The number of nitrogens with zero attached hydrogens (tertiary/aromatic N) is 4. The molecule has 180 valence electrons. The molecule has 1 fully saturated rings. The maximum absolute atomic E-state index is 13.5. The molecule has 3 heterocycles. The molecule has 0 aliphatic carbocycles. The number of carbonyl (C=O) groups excluding carboxylic acids is 2. The molecule has 34 heavy (non-hydrogen) atoms. The fourth-order valence-electron chi connectivity index (χ4n) is 4.31. The molecule has 1 aromatic carbocycles. The van der Waals surface area contributed by atoms with Gasteiger partial charge in [0.15, 0.2) is 0 Å². The Bertz CT molecular complexity index is 1160. The summed E-state index contributed by atoms with van der Waals surface area (Å²) in [5, 5.41) is 17.6. The van der Waals surface area contributed by atoms with Gasteiger partial charge >= 0.3 is 0 Å². The Hall–Kier alpha value is -2.31. The zero-order valence-electron chi connectivity index (χ0n) is 19.3. The Kier molecular flexibility index (Phi) is 7.68. The van der Waals surface area contributed by atoms with Crippen LogP contribution in [0.5, 0.6) is 0 Å². The van der Waals surface area contributed by atoms with E-state index in [0.29, 0.717) is 6.54 Å². The molecule has 1 aliphatic heterocycles. The van der Waals surface area contributed by atoms with Crippen LogP contribution in [0.3, 0.4) is 0 Å². The minimum absolute atomic E-state index is 0.0228. The lowest BCUT2D eigenvalue weighted by molar-refractivity contribution is -0.142. The molecule has 2 aromatic heterocycles. The maximum Gasteiger partial charge on any atom is 0.248 e. The number of aryl methyl sites for hydroxylation is 1. The first-order valence-corrected chi connectivity index (χ1v) is 13.2. The predicted molar refractivity (Wildman–Crippen MR) is 139 cm³/mol. The number of nitrogens with one attached hydrogen (secondary N) is 1. The van der Waals surface area contributed by atoms with Gasteiger partial charge in [0.25, 0.3) is 0 Å². The average Bonchev–Trinajstić information content (AvgIpc) is 3.52. The molecule has 2 amide bonds. The highest BCUT2D eigenvalue weighted by molar-refractivity contribution is 14.1. The van der Waals surface area contributed by atoms with Crippen molar-refractivity contribution in [2.24, 2.45) is 5.92 Å². The molecule has 4 rings (SSSR count). The third kappa shape index (κ3) is 5.33. The van der Waals surface area contributed by atoms with E-state index in [9.17, 15) is 14.7 Å². The third-order valence-corrected chi connectivity index (χ3v) is 7.57. The second kappa shape index (κ2) is 10.5. The molecule has 8 nitrogen and oxygen atoms in total. The number of rotatable bonds is 7. The average molecular weight is 593 g/mol. The molecular weight excluding hydrogens is 565 g/mol. The summed E-state index contributed by atoms with van der Waals surface area (Å²) >= 11 is 3.76. The molecule has 3 atom stereocenters. The number of benzene rings is 1. The van der Waals surface area contributed by atoms with Crippen LogP contribution in [0.15, 0.2) is 42.2 Å². The van der Waals surface area contributed by atoms with Crippen LogP contribution in [0.25, 0.3) is 10.4 Å². The Morgan fingerprint density at radius 1 is 1.29 bits per heavy atom. The first-order valence-electron chi connectivity index (χ1n) is 11.2. The van der Waals surface area contributed by atoms with Crippen molar-refractivity contribution in [3.63, 3.8) is 0 Å². The van der Waals surface area contributed by atoms with Gasteiger partial charge in [0.2, 0.25) is 11.8 Å². The minimum atomic E-state index is -0.729. The summed E-state index contributed by atoms with van der Waals surface area (Å²) < 4.78 is 2.59. The van der Waals surface area contributed by atoms with Crippen molar-refractivity contribution >= 4 is 45.7 Å². The lowest BCUT2D eigenvalue weighted by atomic mass is 10.0. The monoisotopic (exact) mass is 593 g/mol. The topological polar surface area (TPSA) is 100 Å². The summed E-state index contributed by atoms with van der Waals surface area (Å²) in [6, 6.07) is 6.76. The number of aliphatic hydroxyl groups excluding tert-OH is 1. The van der Waals surface area contributed by atoms with E-state index in [1.165, 1.54) is 4.90 Å². The van der Waals surface area contributed by atoms with Crippen LogP contribution in [-0.4, -0.2) is 55.3 Å². The number of aliphatic hydroxyl groups is 1. The third-order valence-electron chi connectivity index (χ3n) is 6.03. The van der Waals surface area contributed by atoms with Gasteiger partial charge in [-0.25, -0.2) is 4.98 Å². The summed E-state index contributed by atoms with van der Waals surface area (Å²) in [5.41, 5.74) is 4.89. The van der Waals surface area contributed by atoms with Crippen molar-refractivity contribution < 1.29 is 14.7 Å². The molecule has 0 saturated carbocycles. The number of aromatic nitrogens is 3. The van der Waals surface area contributed by atoms with E-state index in [4.69, 9.17) is 0 Å². The predicted octanol–water partition coefficient (Wildman–Crippen LogP) is 3.39. The van der Waals surface area contributed by atoms with E-state index in [1.54, 1.807) is 22.2 Å². The number of amides is 2. The first kappa shape index (κ1) is 24.8. The fourth-order valence-corrected chi connectivity index (χ4v) is 5.53. The zero-order valence-corrected chi connectivity index (χ0v) is 22.3. The molecule has 3 aromatic rings. The molecule has 0 spiro atoms. The van der Waals surface area contributed by atoms with Gasteiger partial charge in [-0.05, 0) is 46.6 Å². The van der Waals surface area contributed by atoms with Gasteiger partial charge < -0.3 is 15.3 Å². The smallest absolute Gasteiger partial charge is 0.248 e. The van der Waals surface area contributed by atoms with E-state index >= 15 is 0 Å². The van der Waals surface area contributed by atoms with Crippen LogP contribution in [-0.2, 0) is 16.1 Å². The van der Waals surface area contributed by atoms with Crippen molar-refractivity contribution in [3.8, 4) is 10.4 Å². The largest absolute Gasteiger partial charge is 0.391 e. The number of thiazole rings is 1. The highest BCUT2D eigenvalue weighted by Crippen LogP contribution is 2.28. The molecule has 3 unspecified atom stereocenters. The molecule has 10 heteroatoms.